The first-order valence-electron chi connectivity index (χ1n) is 13.5. The normalized spacial score (nSPS) is 45.5. The Labute approximate surface area is 240 Å². The third-order valence-corrected chi connectivity index (χ3v) is 7.63. The molecule has 42 heavy (non-hydrogen) atoms. The van der Waals surface area contributed by atoms with Crippen LogP contribution < -0.4 is 28.3 Å². The van der Waals surface area contributed by atoms with Crippen LogP contribution in [0, 0.1) is 0 Å². The first-order chi connectivity index (χ1) is 19.9. The SMILES string of the molecule is NC=NC[C@H]1O[C@H](O[C@H]2[C@H](O)[C@@H](O[C@H]3O[C@H](CO)[C@@H](O)[C@H](N)[C@H]3O)[C@H](NC(=O)[C@@H](F)CCN)C[C@@H]2N)[C@H](O)[C@@H](O)[C@@H]1O. The highest BCUT2D eigenvalue weighted by Crippen LogP contribution is 2.32. The van der Waals surface area contributed by atoms with E-state index in [1.165, 1.54) is 0 Å². The van der Waals surface area contributed by atoms with Crippen LogP contribution in [0.4, 0.5) is 4.39 Å². The zero-order valence-electron chi connectivity index (χ0n) is 22.7. The summed E-state index contributed by atoms with van der Waals surface area (Å²) < 4.78 is 36.9. The predicted octanol–water partition coefficient (Wildman–Crippen LogP) is -7.42. The number of nitrogens with zero attached hydrogens (tertiary/aromatic N) is 1. The number of nitrogens with one attached hydrogen (secondary N) is 1. The molecule has 2 aliphatic heterocycles. The van der Waals surface area contributed by atoms with Gasteiger partial charge in [0.2, 0.25) is 0 Å². The highest BCUT2D eigenvalue weighted by atomic mass is 19.1. The number of aliphatic hydroxyl groups is 7. The molecule has 1 aliphatic carbocycles. The maximum Gasteiger partial charge on any atom is 0.254 e. The van der Waals surface area contributed by atoms with Crippen molar-refractivity contribution in [1.29, 1.82) is 0 Å². The lowest BCUT2D eigenvalue weighted by molar-refractivity contribution is -0.332. The number of rotatable bonds is 11. The number of aliphatic imine (C=N–C) groups is 1. The van der Waals surface area contributed by atoms with Crippen molar-refractivity contribution in [1.82, 2.24) is 5.32 Å². The fraction of sp³-hybridized carbons (Fsp3) is 0.913. The topological polar surface area (TPSA) is 324 Å². The highest BCUT2D eigenvalue weighted by molar-refractivity contribution is 5.81. The summed E-state index contributed by atoms with van der Waals surface area (Å²) in [7, 11) is 0. The molecule has 3 fully saturated rings. The van der Waals surface area contributed by atoms with Crippen LogP contribution in [0.1, 0.15) is 12.8 Å². The molecule has 19 heteroatoms. The molecule has 1 amide bonds. The van der Waals surface area contributed by atoms with Crippen molar-refractivity contribution >= 4 is 12.2 Å². The molecule has 1 saturated carbocycles. The van der Waals surface area contributed by atoms with Crippen molar-refractivity contribution < 1.29 is 63.9 Å². The first kappa shape index (κ1) is 34.8. The number of halogens is 1. The van der Waals surface area contributed by atoms with Gasteiger partial charge in [0.1, 0.15) is 61.0 Å². The van der Waals surface area contributed by atoms with Crippen LogP contribution in [-0.2, 0) is 23.7 Å². The van der Waals surface area contributed by atoms with Crippen LogP contribution in [0.3, 0.4) is 0 Å². The van der Waals surface area contributed by atoms with Crippen LogP contribution in [0.5, 0.6) is 0 Å². The van der Waals surface area contributed by atoms with Gasteiger partial charge in [0.25, 0.3) is 5.91 Å². The second kappa shape index (κ2) is 15.3. The second-order valence-electron chi connectivity index (χ2n) is 10.6. The van der Waals surface area contributed by atoms with Gasteiger partial charge in [-0.3, -0.25) is 9.79 Å². The van der Waals surface area contributed by atoms with Crippen LogP contribution in [-0.4, -0.2) is 166 Å². The maximum absolute atomic E-state index is 14.3. The molecule has 0 aromatic carbocycles. The fourth-order valence-corrected chi connectivity index (χ4v) is 5.17. The van der Waals surface area contributed by atoms with Gasteiger partial charge >= 0.3 is 0 Å². The fourth-order valence-electron chi connectivity index (χ4n) is 5.17. The van der Waals surface area contributed by atoms with Crippen LogP contribution in [0.25, 0.3) is 0 Å². The number of aliphatic hydroxyl groups excluding tert-OH is 7. The molecule has 3 aliphatic rings. The summed E-state index contributed by atoms with van der Waals surface area (Å²) in [6, 6.07) is -3.64. The third-order valence-electron chi connectivity index (χ3n) is 7.63. The third kappa shape index (κ3) is 7.68. The molecule has 0 aromatic heterocycles. The zero-order valence-corrected chi connectivity index (χ0v) is 22.7. The molecular weight excluding hydrogens is 571 g/mol. The summed E-state index contributed by atoms with van der Waals surface area (Å²) in [6.45, 7) is -1.03. The van der Waals surface area contributed by atoms with Gasteiger partial charge in [-0.1, -0.05) is 0 Å². The number of carbonyl (C=O) groups excluding carboxylic acids is 1. The van der Waals surface area contributed by atoms with E-state index in [1.807, 2.05) is 0 Å². The van der Waals surface area contributed by atoms with E-state index in [0.717, 1.165) is 6.34 Å². The molecule has 16 N–H and O–H groups in total. The minimum Gasteiger partial charge on any atom is -0.394 e. The molecule has 18 nitrogen and oxygen atoms in total. The molecule has 16 atom stereocenters. The average Bonchev–Trinajstić information content (AvgIpc) is 2.96. The van der Waals surface area contributed by atoms with E-state index in [2.05, 4.69) is 10.3 Å². The van der Waals surface area contributed by atoms with Crippen molar-refractivity contribution in [2.45, 2.75) is 111 Å². The molecule has 0 spiro atoms. The zero-order chi connectivity index (χ0) is 31.3. The molecule has 2 heterocycles. The lowest BCUT2D eigenvalue weighted by Gasteiger charge is -2.48. The molecule has 3 rings (SSSR count). The van der Waals surface area contributed by atoms with Gasteiger partial charge in [-0.05, 0) is 19.4 Å². The minimum absolute atomic E-state index is 0.121. The number of ether oxygens (including phenoxy) is 4. The second-order valence-corrected chi connectivity index (χ2v) is 10.6. The van der Waals surface area contributed by atoms with Crippen molar-refractivity contribution in [2.24, 2.45) is 27.9 Å². The Balaban J connectivity index is 1.85. The number of hydrogen-bond acceptors (Lipinski definition) is 16. The van der Waals surface area contributed by atoms with Gasteiger partial charge in [-0.2, -0.15) is 0 Å². The first-order valence-corrected chi connectivity index (χ1v) is 13.5. The summed E-state index contributed by atoms with van der Waals surface area (Å²) in [5, 5.41) is 75.1. The number of alkyl halides is 1. The van der Waals surface area contributed by atoms with Gasteiger partial charge in [-0.15, -0.1) is 0 Å². The van der Waals surface area contributed by atoms with E-state index in [1.54, 1.807) is 0 Å². The van der Waals surface area contributed by atoms with Gasteiger partial charge in [0.05, 0.1) is 31.6 Å². The molecule has 0 bridgehead atoms. The smallest absolute Gasteiger partial charge is 0.254 e. The molecule has 2 saturated heterocycles. The highest BCUT2D eigenvalue weighted by Gasteiger charge is 2.52. The lowest BCUT2D eigenvalue weighted by atomic mass is 9.83. The maximum atomic E-state index is 14.3. The quantitative estimate of drug-likeness (QED) is 0.0759. The number of hydrogen-bond donors (Lipinski definition) is 12. The van der Waals surface area contributed by atoms with Crippen LogP contribution in [0.15, 0.2) is 4.99 Å². The van der Waals surface area contributed by atoms with Gasteiger partial charge in [-0.25, -0.2) is 4.39 Å². The molecule has 0 unspecified atom stereocenters. The number of nitrogens with two attached hydrogens (primary N) is 4. The Morgan fingerprint density at radius 1 is 0.952 bits per heavy atom. The Hall–Kier alpha value is -1.69. The van der Waals surface area contributed by atoms with Gasteiger partial charge in [0, 0.05) is 6.04 Å². The monoisotopic (exact) mass is 614 g/mol. The summed E-state index contributed by atoms with van der Waals surface area (Å²) in [5.74, 6) is -1.07. The minimum atomic E-state index is -2.00. The Morgan fingerprint density at radius 2 is 1.57 bits per heavy atom. The Morgan fingerprint density at radius 3 is 2.19 bits per heavy atom. The van der Waals surface area contributed by atoms with E-state index in [9.17, 15) is 44.9 Å². The molecule has 0 aromatic rings. The lowest BCUT2D eigenvalue weighted by Crippen LogP contribution is -2.69. The van der Waals surface area contributed by atoms with Gasteiger partial charge < -0.3 is 82.9 Å². The van der Waals surface area contributed by atoms with E-state index < -0.39 is 110 Å². The summed E-state index contributed by atoms with van der Waals surface area (Å²) >= 11 is 0. The summed E-state index contributed by atoms with van der Waals surface area (Å²) in [4.78, 5) is 16.3. The standard InChI is InChI=1S/C23H43FN6O12/c24-7(1-2-25)21(38)30-9-3-8(27)19(41-23-17(36)16(35)14(33)10(39-23)4-29-6-26)18(37)20(9)42-22-15(34)12(28)13(32)11(5-31)40-22/h6-20,22-23,31-37H,1-5,25,27-28H2,(H2,26,29)(H,30,38)/t7-,8-,9+,10+,11+,12-,13+,14+,15+,16-,17+,18-,19+,20-,22+,23+/m0/s1. The predicted molar refractivity (Wildman–Crippen MR) is 139 cm³/mol. The summed E-state index contributed by atoms with van der Waals surface area (Å²) in [5.41, 5.74) is 22.7. The van der Waals surface area contributed by atoms with Gasteiger partial charge in [0.15, 0.2) is 18.8 Å². The summed E-state index contributed by atoms with van der Waals surface area (Å²) in [6.07, 6.45) is -20.2. The molecule has 244 valence electrons. The Kier molecular flexibility index (Phi) is 12.7. The van der Waals surface area contributed by atoms with E-state index >= 15 is 0 Å². The van der Waals surface area contributed by atoms with Crippen molar-refractivity contribution in [3.63, 3.8) is 0 Å². The largest absolute Gasteiger partial charge is 0.394 e. The molecular formula is C23H43FN6O12. The van der Waals surface area contributed by atoms with Crippen molar-refractivity contribution in [3.05, 3.63) is 0 Å². The van der Waals surface area contributed by atoms with E-state index in [4.69, 9.17) is 41.9 Å². The van der Waals surface area contributed by atoms with Crippen LogP contribution in [0.2, 0.25) is 0 Å². The van der Waals surface area contributed by atoms with Crippen molar-refractivity contribution in [2.75, 3.05) is 19.7 Å². The van der Waals surface area contributed by atoms with E-state index in [0.29, 0.717) is 0 Å². The molecule has 0 radical (unpaired) electrons. The van der Waals surface area contributed by atoms with E-state index in [-0.39, 0.29) is 25.9 Å². The number of amides is 1. The van der Waals surface area contributed by atoms with Crippen molar-refractivity contribution in [3.8, 4) is 0 Å². The number of carbonyl (C=O) groups is 1. The van der Waals surface area contributed by atoms with Crippen LogP contribution >= 0.6 is 0 Å². The average molecular weight is 615 g/mol. The Bertz CT molecular complexity index is 897.